The molecule has 0 aromatic carbocycles. The van der Waals surface area contributed by atoms with E-state index in [2.05, 4.69) is 10.3 Å². The predicted octanol–water partition coefficient (Wildman–Crippen LogP) is 0.389. The van der Waals surface area contributed by atoms with Gasteiger partial charge in [0, 0.05) is 19.7 Å². The summed E-state index contributed by atoms with van der Waals surface area (Å²) in [6, 6.07) is 0. The van der Waals surface area contributed by atoms with Crippen LogP contribution in [0.4, 0.5) is 0 Å². The molecule has 112 valence electrons. The highest BCUT2D eigenvalue weighted by molar-refractivity contribution is 6.12. The first-order valence-corrected chi connectivity index (χ1v) is 6.66. The molecule has 1 fully saturated rings. The molecule has 7 heteroatoms. The van der Waals surface area contributed by atoms with Gasteiger partial charge in [-0.1, -0.05) is 13.8 Å². The molecule has 1 aromatic rings. The number of imide groups is 1. The van der Waals surface area contributed by atoms with E-state index in [-0.39, 0.29) is 18.2 Å². The minimum Gasteiger partial charge on any atom is -0.337 e. The number of nitrogens with one attached hydrogen (secondary N) is 1. The summed E-state index contributed by atoms with van der Waals surface area (Å²) in [7, 11) is 1.87. The molecule has 0 atom stereocenters. The lowest BCUT2D eigenvalue weighted by Crippen LogP contribution is -2.51. The highest BCUT2D eigenvalue weighted by Gasteiger charge is 2.31. The van der Waals surface area contributed by atoms with Gasteiger partial charge >= 0.3 is 0 Å². The summed E-state index contributed by atoms with van der Waals surface area (Å²) >= 11 is 0. The van der Waals surface area contributed by atoms with Crippen molar-refractivity contribution in [1.82, 2.24) is 19.8 Å². The van der Waals surface area contributed by atoms with Gasteiger partial charge in [-0.2, -0.15) is 0 Å². The Labute approximate surface area is 122 Å². The third-order valence-electron chi connectivity index (χ3n) is 3.27. The molecule has 0 spiro atoms. The predicted molar refractivity (Wildman–Crippen MR) is 75.8 cm³/mol. The number of carbonyl (C=O) groups excluding carboxylic acids is 3. The number of aryl methyl sites for hydroxylation is 1. The largest absolute Gasteiger partial charge is 0.337 e. The number of nitrogens with zero attached hydrogens (tertiary/aromatic N) is 3. The van der Waals surface area contributed by atoms with Crippen molar-refractivity contribution in [3.8, 4) is 0 Å². The molecule has 7 nitrogen and oxygen atoms in total. The summed E-state index contributed by atoms with van der Waals surface area (Å²) in [5.74, 6) is -1.14. The van der Waals surface area contributed by atoms with Crippen molar-refractivity contribution in [3.63, 3.8) is 0 Å². The maximum Gasteiger partial charge on any atom is 0.277 e. The fourth-order valence-corrected chi connectivity index (χ4v) is 2.36. The van der Waals surface area contributed by atoms with Crippen LogP contribution in [0.2, 0.25) is 0 Å². The molecule has 3 amide bonds. The molecular weight excluding hydrogens is 272 g/mol. The van der Waals surface area contributed by atoms with E-state index in [0.717, 1.165) is 10.6 Å². The number of amides is 3. The molecule has 2 heterocycles. The molecule has 0 saturated carbocycles. The molecule has 21 heavy (non-hydrogen) atoms. The molecule has 2 rings (SSSR count). The van der Waals surface area contributed by atoms with Crippen LogP contribution in [-0.4, -0.2) is 38.7 Å². The van der Waals surface area contributed by atoms with Gasteiger partial charge in [0.1, 0.15) is 12.2 Å². The van der Waals surface area contributed by atoms with Gasteiger partial charge in [0.15, 0.2) is 0 Å². The third kappa shape index (κ3) is 2.86. The third-order valence-corrected chi connectivity index (χ3v) is 3.27. The smallest absolute Gasteiger partial charge is 0.277 e. The van der Waals surface area contributed by atoms with Crippen molar-refractivity contribution < 1.29 is 14.4 Å². The molecular formula is C14H18N4O3. The van der Waals surface area contributed by atoms with Crippen LogP contribution in [0.1, 0.15) is 38.1 Å². The molecule has 0 aliphatic carbocycles. The second-order valence-electron chi connectivity index (χ2n) is 5.30. The standard InChI is InChI=1S/C14H18N4O3/c1-8(2)13-10(15-7-17(13)4)5-11-14(21)18(9(3)19)6-12(20)16-11/h5,7-8H,6H2,1-4H3,(H,16,20). The van der Waals surface area contributed by atoms with Gasteiger partial charge < -0.3 is 9.88 Å². The lowest BCUT2D eigenvalue weighted by molar-refractivity contribution is -0.147. The van der Waals surface area contributed by atoms with E-state index >= 15 is 0 Å². The number of aromatic nitrogens is 2. The van der Waals surface area contributed by atoms with Crippen molar-refractivity contribution in [1.29, 1.82) is 0 Å². The van der Waals surface area contributed by atoms with Crippen LogP contribution in [0.15, 0.2) is 12.0 Å². The van der Waals surface area contributed by atoms with E-state index in [1.807, 2.05) is 25.5 Å². The number of carbonyl (C=O) groups is 3. The van der Waals surface area contributed by atoms with Gasteiger partial charge in [-0.25, -0.2) is 4.98 Å². The second kappa shape index (κ2) is 5.51. The quantitative estimate of drug-likeness (QED) is 0.799. The highest BCUT2D eigenvalue weighted by Crippen LogP contribution is 2.20. The zero-order valence-corrected chi connectivity index (χ0v) is 12.5. The van der Waals surface area contributed by atoms with Crippen molar-refractivity contribution in [2.24, 2.45) is 7.05 Å². The van der Waals surface area contributed by atoms with Crippen LogP contribution in [0.5, 0.6) is 0 Å². The van der Waals surface area contributed by atoms with Crippen molar-refractivity contribution in [2.75, 3.05) is 6.54 Å². The Morgan fingerprint density at radius 1 is 1.43 bits per heavy atom. The SMILES string of the molecule is CC(=O)N1CC(=O)NC(=Cc2ncn(C)c2C(C)C)C1=O. The van der Waals surface area contributed by atoms with Crippen molar-refractivity contribution in [3.05, 3.63) is 23.4 Å². The van der Waals surface area contributed by atoms with Gasteiger partial charge in [0.05, 0.1) is 12.0 Å². The highest BCUT2D eigenvalue weighted by atomic mass is 16.2. The minimum absolute atomic E-state index is 0.0713. The topological polar surface area (TPSA) is 84.3 Å². The number of hydrogen-bond acceptors (Lipinski definition) is 4. The van der Waals surface area contributed by atoms with Crippen LogP contribution in [0.25, 0.3) is 6.08 Å². The Kier molecular flexibility index (Phi) is 3.93. The van der Waals surface area contributed by atoms with Crippen LogP contribution in [0.3, 0.4) is 0 Å². The first-order chi connectivity index (χ1) is 9.81. The number of piperazine rings is 1. The Hall–Kier alpha value is -2.44. The minimum atomic E-state index is -0.512. The van der Waals surface area contributed by atoms with Gasteiger partial charge in [-0.05, 0) is 12.0 Å². The molecule has 1 N–H and O–H groups in total. The summed E-state index contributed by atoms with van der Waals surface area (Å²) in [6.07, 6.45) is 3.17. The van der Waals surface area contributed by atoms with Crippen LogP contribution < -0.4 is 5.32 Å². The second-order valence-corrected chi connectivity index (χ2v) is 5.30. The number of hydrogen-bond donors (Lipinski definition) is 1. The molecule has 0 radical (unpaired) electrons. The van der Waals surface area contributed by atoms with Gasteiger partial charge in [0.25, 0.3) is 5.91 Å². The zero-order valence-electron chi connectivity index (χ0n) is 12.5. The van der Waals surface area contributed by atoms with Gasteiger partial charge in [-0.15, -0.1) is 0 Å². The van der Waals surface area contributed by atoms with Crippen LogP contribution in [0, 0.1) is 0 Å². The Balaban J connectivity index is 2.42. The fraction of sp³-hybridized carbons (Fsp3) is 0.429. The summed E-state index contributed by atoms with van der Waals surface area (Å²) in [5, 5.41) is 2.50. The maximum absolute atomic E-state index is 12.2. The number of imidazole rings is 1. The Morgan fingerprint density at radius 3 is 2.67 bits per heavy atom. The average Bonchev–Trinajstić information content (AvgIpc) is 2.74. The van der Waals surface area contributed by atoms with Crippen molar-refractivity contribution >= 4 is 23.8 Å². The van der Waals surface area contributed by atoms with E-state index in [1.54, 1.807) is 6.33 Å². The molecule has 0 unspecified atom stereocenters. The van der Waals surface area contributed by atoms with Gasteiger partial charge in [0.2, 0.25) is 11.8 Å². The Morgan fingerprint density at radius 2 is 2.10 bits per heavy atom. The van der Waals surface area contributed by atoms with E-state index in [1.165, 1.54) is 13.0 Å². The monoisotopic (exact) mass is 290 g/mol. The van der Waals surface area contributed by atoms with Crippen LogP contribution in [-0.2, 0) is 21.4 Å². The fourth-order valence-electron chi connectivity index (χ4n) is 2.36. The van der Waals surface area contributed by atoms with E-state index in [4.69, 9.17) is 0 Å². The summed E-state index contributed by atoms with van der Waals surface area (Å²) in [4.78, 5) is 40.4. The summed E-state index contributed by atoms with van der Waals surface area (Å²) < 4.78 is 1.87. The normalized spacial score (nSPS) is 17.6. The molecule has 1 aromatic heterocycles. The number of rotatable bonds is 2. The van der Waals surface area contributed by atoms with E-state index in [0.29, 0.717) is 5.69 Å². The molecule has 0 bridgehead atoms. The first-order valence-electron chi connectivity index (χ1n) is 6.66. The average molecular weight is 290 g/mol. The molecule has 1 aliphatic heterocycles. The van der Waals surface area contributed by atoms with Gasteiger partial charge in [-0.3, -0.25) is 19.3 Å². The zero-order chi connectivity index (χ0) is 15.7. The maximum atomic E-state index is 12.2. The lowest BCUT2D eigenvalue weighted by Gasteiger charge is -2.25. The molecule has 1 aliphatic rings. The van der Waals surface area contributed by atoms with Crippen molar-refractivity contribution in [2.45, 2.75) is 26.7 Å². The lowest BCUT2D eigenvalue weighted by atomic mass is 10.1. The first kappa shape index (κ1) is 15.0. The van der Waals surface area contributed by atoms with E-state index < -0.39 is 17.7 Å². The molecule has 1 saturated heterocycles. The van der Waals surface area contributed by atoms with Crippen LogP contribution >= 0.6 is 0 Å². The summed E-state index contributed by atoms with van der Waals surface area (Å²) in [5.41, 5.74) is 1.63. The Bertz CT molecular complexity index is 643. The van der Waals surface area contributed by atoms with E-state index in [9.17, 15) is 14.4 Å². The summed E-state index contributed by atoms with van der Waals surface area (Å²) in [6.45, 7) is 5.05.